The Balaban J connectivity index is 1.31. The Labute approximate surface area is 204 Å². The van der Waals surface area contributed by atoms with E-state index < -0.39 is 17.5 Å². The van der Waals surface area contributed by atoms with Gasteiger partial charge in [0.25, 0.3) is 11.8 Å². The number of rotatable bonds is 7. The maximum atomic E-state index is 12.9. The molecule has 0 aromatic heterocycles. The van der Waals surface area contributed by atoms with Crippen molar-refractivity contribution in [2.24, 2.45) is 5.92 Å². The molecule has 4 rings (SSSR count). The third-order valence-electron chi connectivity index (χ3n) is 6.53. The standard InChI is InChI=1S/C26H30N4O5/c1-3-35-21-10-8-20(9-11-21)28-23(32)18-4-6-19(7-5-18)27-22(31)16-30-24(33)26(29-25(30)34)14-12-17(2)13-15-26/h4-11,17H,3,12-16H2,1-2H3,(H,27,31)(H,28,32)(H,29,34). The first-order chi connectivity index (χ1) is 16.8. The summed E-state index contributed by atoms with van der Waals surface area (Å²) in [6.45, 7) is 4.24. The predicted octanol–water partition coefficient (Wildman–Crippen LogP) is 3.78. The van der Waals surface area contributed by atoms with E-state index >= 15 is 0 Å². The van der Waals surface area contributed by atoms with Gasteiger partial charge >= 0.3 is 6.03 Å². The maximum Gasteiger partial charge on any atom is 0.325 e. The van der Waals surface area contributed by atoms with Crippen molar-refractivity contribution in [1.29, 1.82) is 0 Å². The van der Waals surface area contributed by atoms with Crippen molar-refractivity contribution < 1.29 is 23.9 Å². The van der Waals surface area contributed by atoms with Gasteiger partial charge in [-0.3, -0.25) is 19.3 Å². The molecule has 2 aromatic carbocycles. The Morgan fingerprint density at radius 2 is 1.60 bits per heavy atom. The summed E-state index contributed by atoms with van der Waals surface area (Å²) < 4.78 is 5.39. The van der Waals surface area contributed by atoms with Crippen LogP contribution in [0.3, 0.4) is 0 Å². The first-order valence-corrected chi connectivity index (χ1v) is 11.9. The Morgan fingerprint density at radius 3 is 2.23 bits per heavy atom. The summed E-state index contributed by atoms with van der Waals surface area (Å²) in [5.41, 5.74) is 0.636. The van der Waals surface area contributed by atoms with E-state index in [4.69, 9.17) is 4.74 Å². The fourth-order valence-corrected chi connectivity index (χ4v) is 4.47. The lowest BCUT2D eigenvalue weighted by Crippen LogP contribution is -2.49. The van der Waals surface area contributed by atoms with Gasteiger partial charge in [-0.1, -0.05) is 6.92 Å². The lowest BCUT2D eigenvalue weighted by molar-refractivity contribution is -0.135. The Bertz CT molecular complexity index is 1110. The van der Waals surface area contributed by atoms with Crippen LogP contribution in [0.2, 0.25) is 0 Å². The van der Waals surface area contributed by atoms with Crippen LogP contribution in [0.25, 0.3) is 0 Å². The highest BCUT2D eigenvalue weighted by atomic mass is 16.5. The third-order valence-corrected chi connectivity index (χ3v) is 6.53. The molecule has 0 radical (unpaired) electrons. The van der Waals surface area contributed by atoms with Crippen LogP contribution in [0, 0.1) is 5.92 Å². The molecule has 184 valence electrons. The molecule has 35 heavy (non-hydrogen) atoms. The largest absolute Gasteiger partial charge is 0.494 e. The number of anilines is 2. The number of ether oxygens (including phenoxy) is 1. The number of carbonyl (C=O) groups excluding carboxylic acids is 4. The highest BCUT2D eigenvalue weighted by molar-refractivity contribution is 6.10. The summed E-state index contributed by atoms with van der Waals surface area (Å²) in [7, 11) is 0. The molecule has 1 aliphatic carbocycles. The van der Waals surface area contributed by atoms with Crippen LogP contribution in [0.1, 0.15) is 49.9 Å². The quantitative estimate of drug-likeness (QED) is 0.524. The number of hydrogen-bond donors (Lipinski definition) is 3. The van der Waals surface area contributed by atoms with Crippen LogP contribution in [-0.4, -0.2) is 47.3 Å². The Hall–Kier alpha value is -3.88. The zero-order valence-electron chi connectivity index (χ0n) is 19.9. The minimum Gasteiger partial charge on any atom is -0.494 e. The fourth-order valence-electron chi connectivity index (χ4n) is 4.47. The number of carbonyl (C=O) groups is 4. The number of amides is 5. The fraction of sp³-hybridized carbons (Fsp3) is 0.385. The van der Waals surface area contributed by atoms with Crippen LogP contribution >= 0.6 is 0 Å². The lowest BCUT2D eigenvalue weighted by atomic mass is 9.77. The van der Waals surface area contributed by atoms with E-state index in [2.05, 4.69) is 22.9 Å². The van der Waals surface area contributed by atoms with E-state index in [1.54, 1.807) is 48.5 Å². The van der Waals surface area contributed by atoms with Gasteiger partial charge in [-0.15, -0.1) is 0 Å². The average molecular weight is 479 g/mol. The smallest absolute Gasteiger partial charge is 0.325 e. The molecule has 0 bridgehead atoms. The minimum absolute atomic E-state index is 0.293. The van der Waals surface area contributed by atoms with Crippen molar-refractivity contribution in [2.75, 3.05) is 23.8 Å². The second kappa shape index (κ2) is 10.2. The van der Waals surface area contributed by atoms with Crippen LogP contribution in [-0.2, 0) is 9.59 Å². The van der Waals surface area contributed by atoms with Gasteiger partial charge in [0.2, 0.25) is 5.91 Å². The number of imide groups is 1. The molecule has 0 unspecified atom stereocenters. The topological polar surface area (TPSA) is 117 Å². The predicted molar refractivity (Wildman–Crippen MR) is 131 cm³/mol. The Kier molecular flexibility index (Phi) is 7.04. The molecule has 1 spiro atoms. The number of urea groups is 1. The van der Waals surface area contributed by atoms with Gasteiger partial charge in [0.15, 0.2) is 0 Å². The first kappa shape index (κ1) is 24.3. The molecule has 2 aromatic rings. The van der Waals surface area contributed by atoms with Crippen molar-refractivity contribution in [1.82, 2.24) is 10.2 Å². The van der Waals surface area contributed by atoms with Gasteiger partial charge in [-0.05, 0) is 87.1 Å². The van der Waals surface area contributed by atoms with E-state index in [1.165, 1.54) is 0 Å². The molecule has 5 amide bonds. The van der Waals surface area contributed by atoms with Crippen LogP contribution in [0.15, 0.2) is 48.5 Å². The van der Waals surface area contributed by atoms with E-state index in [0.717, 1.165) is 23.5 Å². The zero-order chi connectivity index (χ0) is 25.0. The monoisotopic (exact) mass is 478 g/mol. The summed E-state index contributed by atoms with van der Waals surface area (Å²) in [5.74, 6) is 0.140. The van der Waals surface area contributed by atoms with Crippen LogP contribution in [0.5, 0.6) is 5.75 Å². The van der Waals surface area contributed by atoms with Crippen molar-refractivity contribution in [3.05, 3.63) is 54.1 Å². The summed E-state index contributed by atoms with van der Waals surface area (Å²) >= 11 is 0. The first-order valence-electron chi connectivity index (χ1n) is 11.9. The summed E-state index contributed by atoms with van der Waals surface area (Å²) in [5, 5.41) is 8.30. The van der Waals surface area contributed by atoms with E-state index in [0.29, 0.717) is 42.3 Å². The molecule has 1 saturated heterocycles. The van der Waals surface area contributed by atoms with Gasteiger partial charge in [0.05, 0.1) is 6.61 Å². The van der Waals surface area contributed by atoms with Crippen LogP contribution < -0.4 is 20.7 Å². The molecule has 2 fully saturated rings. The van der Waals surface area contributed by atoms with Crippen molar-refractivity contribution in [2.45, 2.75) is 45.1 Å². The molecule has 9 nitrogen and oxygen atoms in total. The highest BCUT2D eigenvalue weighted by Gasteiger charge is 2.52. The summed E-state index contributed by atoms with van der Waals surface area (Å²) in [6, 6.07) is 12.9. The maximum absolute atomic E-state index is 12.9. The molecule has 2 aliphatic rings. The van der Waals surface area contributed by atoms with Crippen molar-refractivity contribution >= 4 is 35.1 Å². The zero-order valence-corrected chi connectivity index (χ0v) is 19.9. The van der Waals surface area contributed by atoms with Gasteiger partial charge in [0, 0.05) is 16.9 Å². The Morgan fingerprint density at radius 1 is 1.00 bits per heavy atom. The minimum atomic E-state index is -0.873. The van der Waals surface area contributed by atoms with Gasteiger partial charge < -0.3 is 20.7 Å². The molecular formula is C26H30N4O5. The van der Waals surface area contributed by atoms with Gasteiger partial charge in [0.1, 0.15) is 17.8 Å². The highest BCUT2D eigenvalue weighted by Crippen LogP contribution is 2.36. The normalized spacial score (nSPS) is 21.5. The molecule has 9 heteroatoms. The number of nitrogens with one attached hydrogen (secondary N) is 3. The second-order valence-electron chi connectivity index (χ2n) is 9.12. The van der Waals surface area contributed by atoms with Gasteiger partial charge in [-0.25, -0.2) is 4.79 Å². The average Bonchev–Trinajstić information content (AvgIpc) is 3.07. The number of hydrogen-bond acceptors (Lipinski definition) is 5. The van der Waals surface area contributed by atoms with Crippen molar-refractivity contribution in [3.63, 3.8) is 0 Å². The molecular weight excluding hydrogens is 448 g/mol. The van der Waals surface area contributed by atoms with Crippen LogP contribution in [0.4, 0.5) is 16.2 Å². The van der Waals surface area contributed by atoms with E-state index in [9.17, 15) is 19.2 Å². The molecule has 1 aliphatic heterocycles. The molecule has 3 N–H and O–H groups in total. The lowest BCUT2D eigenvalue weighted by Gasteiger charge is -2.33. The molecule has 1 saturated carbocycles. The number of nitrogens with zero attached hydrogens (tertiary/aromatic N) is 1. The summed E-state index contributed by atoms with van der Waals surface area (Å²) in [4.78, 5) is 51.4. The third kappa shape index (κ3) is 5.45. The molecule has 1 heterocycles. The summed E-state index contributed by atoms with van der Waals surface area (Å²) in [6.07, 6.45) is 2.92. The number of benzene rings is 2. The van der Waals surface area contributed by atoms with E-state index in [-0.39, 0.29) is 18.4 Å². The molecule has 0 atom stereocenters. The van der Waals surface area contributed by atoms with E-state index in [1.807, 2.05) is 6.92 Å². The van der Waals surface area contributed by atoms with Crippen molar-refractivity contribution in [3.8, 4) is 5.75 Å². The SMILES string of the molecule is CCOc1ccc(NC(=O)c2ccc(NC(=O)CN3C(=O)NC4(CCC(C)CC4)C3=O)cc2)cc1. The second-order valence-corrected chi connectivity index (χ2v) is 9.12. The van der Waals surface area contributed by atoms with Gasteiger partial charge in [-0.2, -0.15) is 0 Å².